The van der Waals surface area contributed by atoms with E-state index in [1.807, 2.05) is 12.1 Å². The van der Waals surface area contributed by atoms with Gasteiger partial charge in [0.1, 0.15) is 17.8 Å². The van der Waals surface area contributed by atoms with Gasteiger partial charge in [0.25, 0.3) is 0 Å². The predicted octanol–water partition coefficient (Wildman–Crippen LogP) is -0.339. The zero-order chi connectivity index (χ0) is 23.5. The number of aryl methyl sites for hydroxylation is 2. The van der Waals surface area contributed by atoms with Crippen LogP contribution in [0.15, 0.2) is 12.1 Å². The lowest BCUT2D eigenvalue weighted by atomic mass is 9.99. The van der Waals surface area contributed by atoms with Crippen LogP contribution >= 0.6 is 0 Å². The van der Waals surface area contributed by atoms with Gasteiger partial charge in [-0.2, -0.15) is 0 Å². The van der Waals surface area contributed by atoms with Gasteiger partial charge in [0.2, 0.25) is 17.7 Å². The average Bonchev–Trinajstić information content (AvgIpc) is 2.77. The van der Waals surface area contributed by atoms with E-state index in [2.05, 4.69) is 26.9 Å². The molecular weight excluding hydrogens is 414 g/mol. The van der Waals surface area contributed by atoms with Crippen molar-refractivity contribution >= 4 is 29.5 Å². The molecule has 10 nitrogen and oxygen atoms in total. The van der Waals surface area contributed by atoms with Crippen molar-refractivity contribution in [3.8, 4) is 12.3 Å². The second-order valence-electron chi connectivity index (χ2n) is 7.35. The van der Waals surface area contributed by atoms with E-state index in [0.717, 1.165) is 36.5 Å². The summed E-state index contributed by atoms with van der Waals surface area (Å²) < 4.78 is 4.79. The Balaban J connectivity index is 1.85. The molecule has 5 N–H and O–H groups in total. The number of anilines is 1. The molecule has 32 heavy (non-hydrogen) atoms. The number of nitrogens with two attached hydrogens (primary N) is 1. The topological polar surface area (TPSA) is 153 Å². The highest BCUT2D eigenvalue weighted by Crippen LogP contribution is 2.20. The molecule has 0 fully saturated rings. The zero-order valence-corrected chi connectivity index (χ0v) is 18.1. The number of carbonyl (C=O) groups excluding carboxylic acids is 4. The van der Waals surface area contributed by atoms with Crippen LogP contribution < -0.4 is 21.7 Å². The Kier molecular flexibility index (Phi) is 9.47. The van der Waals surface area contributed by atoms with E-state index in [4.69, 9.17) is 16.9 Å². The molecule has 1 aromatic heterocycles. The van der Waals surface area contributed by atoms with E-state index in [1.165, 1.54) is 0 Å². The lowest BCUT2D eigenvalue weighted by molar-refractivity contribution is -0.143. The van der Waals surface area contributed by atoms with Gasteiger partial charge in [-0.1, -0.05) is 12.0 Å². The maximum absolute atomic E-state index is 12.4. The van der Waals surface area contributed by atoms with Crippen LogP contribution in [0.1, 0.15) is 37.4 Å². The smallest absolute Gasteiger partial charge is 0.308 e. The third-order valence-corrected chi connectivity index (χ3v) is 4.94. The fraction of sp³-hybridized carbons (Fsp3) is 0.500. The average molecular weight is 444 g/mol. The monoisotopic (exact) mass is 443 g/mol. The van der Waals surface area contributed by atoms with Crippen LogP contribution in [0.5, 0.6) is 0 Å². The number of terminal acetylenes is 1. The largest absolute Gasteiger partial charge is 0.466 e. The number of esters is 1. The molecule has 1 unspecified atom stereocenters. The maximum Gasteiger partial charge on any atom is 0.308 e. The summed E-state index contributed by atoms with van der Waals surface area (Å²) >= 11 is 0. The normalized spacial score (nSPS) is 14.0. The number of amides is 3. The molecule has 1 aliphatic rings. The fourth-order valence-corrected chi connectivity index (χ4v) is 3.28. The molecule has 2 rings (SSSR count). The van der Waals surface area contributed by atoms with Gasteiger partial charge in [0, 0.05) is 12.2 Å². The number of fused-ring (bicyclic) bond motifs is 1. The molecule has 0 aliphatic carbocycles. The first kappa shape index (κ1) is 24.7. The van der Waals surface area contributed by atoms with Crippen molar-refractivity contribution in [3.05, 3.63) is 23.4 Å². The summed E-state index contributed by atoms with van der Waals surface area (Å²) in [5, 5.41) is 8.07. The van der Waals surface area contributed by atoms with E-state index in [0.29, 0.717) is 6.42 Å². The number of rotatable bonds is 11. The van der Waals surface area contributed by atoms with Crippen LogP contribution in [0.4, 0.5) is 5.82 Å². The Morgan fingerprint density at radius 1 is 1.34 bits per heavy atom. The summed E-state index contributed by atoms with van der Waals surface area (Å²) in [7, 11) is 0. The number of aromatic nitrogens is 1. The predicted molar refractivity (Wildman–Crippen MR) is 117 cm³/mol. The maximum atomic E-state index is 12.4. The molecule has 3 amide bonds. The Hall–Kier alpha value is -3.61. The van der Waals surface area contributed by atoms with Crippen LogP contribution in [-0.4, -0.2) is 54.4 Å². The van der Waals surface area contributed by atoms with Gasteiger partial charge in [-0.25, -0.2) is 4.98 Å². The van der Waals surface area contributed by atoms with Gasteiger partial charge in [-0.3, -0.25) is 19.2 Å². The summed E-state index contributed by atoms with van der Waals surface area (Å²) in [5.41, 5.74) is 7.28. The van der Waals surface area contributed by atoms with Crippen LogP contribution in [-0.2, 0) is 36.8 Å². The Morgan fingerprint density at radius 3 is 2.81 bits per heavy atom. The highest BCUT2D eigenvalue weighted by atomic mass is 16.5. The standard InChI is InChI=1S/C22H29N5O5/c1-3-15(12-19(29)32-4-2)26-18(28)13-25-22(31)17(20(23)30)10-9-16-8-7-14-6-5-11-24-21(14)27-16/h1,7-8,15,17H,4-6,9-13H2,2H3,(H2,23,30)(H,24,27)(H,25,31)(H,26,28)/t15-,17?/m1/s1. The van der Waals surface area contributed by atoms with Crippen LogP contribution in [0.25, 0.3) is 0 Å². The van der Waals surface area contributed by atoms with Crippen molar-refractivity contribution < 1.29 is 23.9 Å². The van der Waals surface area contributed by atoms with Gasteiger partial charge >= 0.3 is 5.97 Å². The number of pyridine rings is 1. The highest BCUT2D eigenvalue weighted by Gasteiger charge is 2.25. The lowest BCUT2D eigenvalue weighted by Gasteiger charge is -2.18. The molecule has 2 atom stereocenters. The van der Waals surface area contributed by atoms with Crippen LogP contribution in [0.3, 0.4) is 0 Å². The second-order valence-corrected chi connectivity index (χ2v) is 7.35. The van der Waals surface area contributed by atoms with Crippen molar-refractivity contribution in [2.45, 2.75) is 45.1 Å². The molecule has 1 aromatic rings. The number of nitrogens with zero attached hydrogens (tertiary/aromatic N) is 1. The van der Waals surface area contributed by atoms with Gasteiger partial charge in [0.15, 0.2) is 0 Å². The molecule has 0 bridgehead atoms. The van der Waals surface area contributed by atoms with E-state index >= 15 is 0 Å². The van der Waals surface area contributed by atoms with Crippen molar-refractivity contribution in [3.63, 3.8) is 0 Å². The number of hydrogen-bond acceptors (Lipinski definition) is 7. The highest BCUT2D eigenvalue weighted by molar-refractivity contribution is 6.00. The quantitative estimate of drug-likeness (QED) is 0.207. The number of hydrogen-bond donors (Lipinski definition) is 4. The van der Waals surface area contributed by atoms with Gasteiger partial charge in [0.05, 0.1) is 19.6 Å². The molecular formula is C22H29N5O5. The third-order valence-electron chi connectivity index (χ3n) is 4.94. The van der Waals surface area contributed by atoms with Crippen molar-refractivity contribution in [1.82, 2.24) is 15.6 Å². The van der Waals surface area contributed by atoms with Crippen molar-refractivity contribution in [2.75, 3.05) is 25.0 Å². The molecule has 10 heteroatoms. The third kappa shape index (κ3) is 7.58. The van der Waals surface area contributed by atoms with Crippen molar-refractivity contribution in [2.24, 2.45) is 11.7 Å². The first-order valence-corrected chi connectivity index (χ1v) is 10.5. The molecule has 0 saturated carbocycles. The SMILES string of the molecule is C#C[C@H](CC(=O)OCC)NC(=O)CNC(=O)C(CCc1ccc2c(n1)NCCC2)C(N)=O. The van der Waals surface area contributed by atoms with Gasteiger partial charge < -0.3 is 26.4 Å². The molecule has 1 aliphatic heterocycles. The van der Waals surface area contributed by atoms with Gasteiger partial charge in [-0.15, -0.1) is 6.42 Å². The summed E-state index contributed by atoms with van der Waals surface area (Å²) in [6.45, 7) is 2.31. The minimum Gasteiger partial charge on any atom is -0.466 e. The Morgan fingerprint density at radius 2 is 2.12 bits per heavy atom. The lowest BCUT2D eigenvalue weighted by Crippen LogP contribution is -2.45. The number of primary amides is 1. The molecule has 0 spiro atoms. The van der Waals surface area contributed by atoms with E-state index in [-0.39, 0.29) is 19.4 Å². The summed E-state index contributed by atoms with van der Waals surface area (Å²) in [4.78, 5) is 52.3. The summed E-state index contributed by atoms with van der Waals surface area (Å²) in [5.74, 6) is -0.598. The summed E-state index contributed by atoms with van der Waals surface area (Å²) in [6, 6.07) is 3.00. The second kappa shape index (κ2) is 12.3. The minimum absolute atomic E-state index is 0.157. The van der Waals surface area contributed by atoms with Gasteiger partial charge in [-0.05, 0) is 44.2 Å². The fourth-order valence-electron chi connectivity index (χ4n) is 3.28. The van der Waals surface area contributed by atoms with E-state index < -0.39 is 42.2 Å². The molecule has 0 aromatic carbocycles. The Labute approximate surface area is 187 Å². The number of nitrogens with one attached hydrogen (secondary N) is 3. The van der Waals surface area contributed by atoms with E-state index in [1.54, 1.807) is 6.92 Å². The zero-order valence-electron chi connectivity index (χ0n) is 18.1. The molecule has 0 radical (unpaired) electrons. The van der Waals surface area contributed by atoms with Crippen molar-refractivity contribution in [1.29, 1.82) is 0 Å². The molecule has 0 saturated heterocycles. The van der Waals surface area contributed by atoms with E-state index in [9.17, 15) is 19.2 Å². The van der Waals surface area contributed by atoms with Crippen LogP contribution in [0.2, 0.25) is 0 Å². The first-order valence-electron chi connectivity index (χ1n) is 10.5. The molecule has 2 heterocycles. The minimum atomic E-state index is -1.11. The molecule has 172 valence electrons. The number of carbonyl (C=O) groups is 4. The first-order chi connectivity index (χ1) is 15.3. The Bertz CT molecular complexity index is 895. The van der Waals surface area contributed by atoms with Crippen LogP contribution in [0, 0.1) is 18.3 Å². The summed E-state index contributed by atoms with van der Waals surface area (Å²) in [6.07, 6.45) is 7.68. The number of ether oxygens (including phenoxy) is 1.